The van der Waals surface area contributed by atoms with Gasteiger partial charge in [-0.25, -0.2) is 0 Å². The van der Waals surface area contributed by atoms with Gasteiger partial charge in [-0.15, -0.1) is 12.4 Å². The van der Waals surface area contributed by atoms with Crippen LogP contribution < -0.4 is 15.9 Å². The summed E-state index contributed by atoms with van der Waals surface area (Å²) in [7, 11) is 0. The summed E-state index contributed by atoms with van der Waals surface area (Å²) in [6.45, 7) is 2.68. The van der Waals surface area contributed by atoms with E-state index in [1.54, 1.807) is 18.2 Å². The van der Waals surface area contributed by atoms with Crippen molar-refractivity contribution in [1.82, 2.24) is 0 Å². The van der Waals surface area contributed by atoms with Crippen molar-refractivity contribution < 1.29 is 9.15 Å². The number of fused-ring (bicyclic) bond motifs is 1. The molecule has 0 aliphatic rings. The molecule has 0 amide bonds. The highest BCUT2D eigenvalue weighted by molar-refractivity contribution is 5.85. The van der Waals surface area contributed by atoms with E-state index in [4.69, 9.17) is 14.9 Å². The summed E-state index contributed by atoms with van der Waals surface area (Å²) in [6.07, 6.45) is 0. The molecule has 2 N–H and O–H groups in total. The van der Waals surface area contributed by atoms with Crippen LogP contribution in [0.15, 0.2) is 33.5 Å². The maximum absolute atomic E-state index is 11.7. The standard InChI is InChI=1S/C12H13NO3.ClH/c1-2-15-8-3-4-12-10(5-8)11(14)6-9(7-13)16-12;/h3-6H,2,7,13H2,1H3;1H. The van der Waals surface area contributed by atoms with Crippen LogP contribution in [-0.4, -0.2) is 6.61 Å². The van der Waals surface area contributed by atoms with Gasteiger partial charge in [0.1, 0.15) is 17.1 Å². The zero-order chi connectivity index (χ0) is 11.5. The molecule has 1 aromatic carbocycles. The van der Waals surface area contributed by atoms with Crippen molar-refractivity contribution in [3.63, 3.8) is 0 Å². The number of rotatable bonds is 3. The van der Waals surface area contributed by atoms with Crippen molar-refractivity contribution in [2.45, 2.75) is 13.5 Å². The molecule has 2 aromatic rings. The van der Waals surface area contributed by atoms with Gasteiger partial charge in [0.25, 0.3) is 0 Å². The van der Waals surface area contributed by atoms with Crippen LogP contribution in [0.25, 0.3) is 11.0 Å². The summed E-state index contributed by atoms with van der Waals surface area (Å²) in [5, 5.41) is 0.517. The summed E-state index contributed by atoms with van der Waals surface area (Å²) in [4.78, 5) is 11.7. The molecule has 1 heterocycles. The zero-order valence-electron chi connectivity index (χ0n) is 9.43. The highest BCUT2D eigenvalue weighted by Gasteiger charge is 2.05. The lowest BCUT2D eigenvalue weighted by atomic mass is 10.2. The monoisotopic (exact) mass is 255 g/mol. The van der Waals surface area contributed by atoms with E-state index in [0.29, 0.717) is 29.1 Å². The second kappa shape index (κ2) is 5.70. The molecule has 17 heavy (non-hydrogen) atoms. The molecule has 0 saturated heterocycles. The molecule has 5 heteroatoms. The Morgan fingerprint density at radius 2 is 2.12 bits per heavy atom. The van der Waals surface area contributed by atoms with Gasteiger partial charge in [0, 0.05) is 6.07 Å². The third kappa shape index (κ3) is 2.78. The number of halogens is 1. The van der Waals surface area contributed by atoms with Crippen molar-refractivity contribution in [3.8, 4) is 5.75 Å². The molecular weight excluding hydrogens is 242 g/mol. The van der Waals surface area contributed by atoms with Crippen LogP contribution in [0.2, 0.25) is 0 Å². The molecule has 0 aliphatic carbocycles. The third-order valence-electron chi connectivity index (χ3n) is 2.26. The van der Waals surface area contributed by atoms with Crippen LogP contribution in [0.5, 0.6) is 5.75 Å². The topological polar surface area (TPSA) is 65.5 Å². The third-order valence-corrected chi connectivity index (χ3v) is 2.26. The van der Waals surface area contributed by atoms with E-state index in [0.717, 1.165) is 0 Å². The van der Waals surface area contributed by atoms with E-state index < -0.39 is 0 Å². The molecule has 0 fully saturated rings. The quantitative estimate of drug-likeness (QED) is 0.912. The summed E-state index contributed by atoms with van der Waals surface area (Å²) < 4.78 is 10.8. The maximum atomic E-state index is 11.7. The fourth-order valence-electron chi connectivity index (χ4n) is 1.54. The van der Waals surface area contributed by atoms with Gasteiger partial charge in [-0.05, 0) is 25.1 Å². The minimum atomic E-state index is -0.0942. The Kier molecular flexibility index (Phi) is 4.54. The molecule has 0 saturated carbocycles. The van der Waals surface area contributed by atoms with E-state index >= 15 is 0 Å². The first-order valence-electron chi connectivity index (χ1n) is 5.14. The van der Waals surface area contributed by atoms with Crippen molar-refractivity contribution in [1.29, 1.82) is 0 Å². The fraction of sp³-hybridized carbons (Fsp3) is 0.250. The van der Waals surface area contributed by atoms with Crippen molar-refractivity contribution in [2.75, 3.05) is 6.61 Å². The summed E-state index contributed by atoms with van der Waals surface area (Å²) >= 11 is 0. The Labute approximate surface area is 105 Å². The largest absolute Gasteiger partial charge is 0.494 e. The molecule has 0 atom stereocenters. The van der Waals surface area contributed by atoms with Gasteiger partial charge in [-0.2, -0.15) is 0 Å². The number of hydrogen-bond donors (Lipinski definition) is 1. The van der Waals surface area contributed by atoms with E-state index in [9.17, 15) is 4.79 Å². The second-order valence-electron chi connectivity index (χ2n) is 3.37. The van der Waals surface area contributed by atoms with Gasteiger partial charge in [0.15, 0.2) is 5.43 Å². The molecule has 0 spiro atoms. The van der Waals surface area contributed by atoms with Gasteiger partial charge in [0.05, 0.1) is 18.5 Å². The lowest BCUT2D eigenvalue weighted by Gasteiger charge is -2.04. The normalized spacial score (nSPS) is 10.0. The van der Waals surface area contributed by atoms with Crippen LogP contribution in [-0.2, 0) is 6.54 Å². The maximum Gasteiger partial charge on any atom is 0.193 e. The molecule has 0 unspecified atom stereocenters. The minimum absolute atomic E-state index is 0. The van der Waals surface area contributed by atoms with Crippen LogP contribution >= 0.6 is 12.4 Å². The highest BCUT2D eigenvalue weighted by atomic mass is 35.5. The predicted molar refractivity (Wildman–Crippen MR) is 68.8 cm³/mol. The minimum Gasteiger partial charge on any atom is -0.494 e. The summed E-state index contributed by atoms with van der Waals surface area (Å²) in [5.41, 5.74) is 5.87. The molecule has 0 bridgehead atoms. The summed E-state index contributed by atoms with van der Waals surface area (Å²) in [5.74, 6) is 1.16. The molecule has 0 radical (unpaired) electrons. The first-order valence-corrected chi connectivity index (χ1v) is 5.14. The Morgan fingerprint density at radius 3 is 2.76 bits per heavy atom. The van der Waals surface area contributed by atoms with Crippen molar-refractivity contribution in [3.05, 3.63) is 40.2 Å². The van der Waals surface area contributed by atoms with Gasteiger partial charge in [-0.3, -0.25) is 4.79 Å². The van der Waals surface area contributed by atoms with Crippen LogP contribution in [0.4, 0.5) is 0 Å². The number of hydrogen-bond acceptors (Lipinski definition) is 4. The Balaban J connectivity index is 0.00000144. The van der Waals surface area contributed by atoms with E-state index in [1.807, 2.05) is 6.92 Å². The number of benzene rings is 1. The molecule has 2 rings (SSSR count). The van der Waals surface area contributed by atoms with Gasteiger partial charge < -0.3 is 14.9 Å². The first-order chi connectivity index (χ1) is 7.74. The Hall–Kier alpha value is -1.52. The highest BCUT2D eigenvalue weighted by Crippen LogP contribution is 2.19. The zero-order valence-corrected chi connectivity index (χ0v) is 10.3. The molecule has 4 nitrogen and oxygen atoms in total. The predicted octanol–water partition coefficient (Wildman–Crippen LogP) is 2.07. The smallest absolute Gasteiger partial charge is 0.193 e. The number of ether oxygens (including phenoxy) is 1. The second-order valence-corrected chi connectivity index (χ2v) is 3.37. The SMILES string of the molecule is CCOc1ccc2oc(CN)cc(=O)c2c1.Cl. The van der Waals surface area contributed by atoms with Crippen LogP contribution in [0.1, 0.15) is 12.7 Å². The van der Waals surface area contributed by atoms with Gasteiger partial charge >= 0.3 is 0 Å². The van der Waals surface area contributed by atoms with E-state index in [1.165, 1.54) is 6.07 Å². The lowest BCUT2D eigenvalue weighted by Crippen LogP contribution is -2.05. The molecular formula is C12H14ClNO3. The Bertz CT molecular complexity index is 565. The Morgan fingerprint density at radius 1 is 1.35 bits per heavy atom. The van der Waals surface area contributed by atoms with E-state index in [2.05, 4.69) is 0 Å². The lowest BCUT2D eigenvalue weighted by molar-refractivity contribution is 0.340. The molecule has 1 aromatic heterocycles. The fourth-order valence-corrected chi connectivity index (χ4v) is 1.54. The molecule has 0 aliphatic heterocycles. The first kappa shape index (κ1) is 13.5. The average molecular weight is 256 g/mol. The number of nitrogens with two attached hydrogens (primary N) is 1. The molecule has 92 valence electrons. The van der Waals surface area contributed by atoms with Gasteiger partial charge in [-0.1, -0.05) is 0 Å². The van der Waals surface area contributed by atoms with Crippen LogP contribution in [0, 0.1) is 0 Å². The van der Waals surface area contributed by atoms with Crippen molar-refractivity contribution in [2.24, 2.45) is 5.73 Å². The average Bonchev–Trinajstić information content (AvgIpc) is 2.30. The van der Waals surface area contributed by atoms with Crippen molar-refractivity contribution >= 4 is 23.4 Å². The van der Waals surface area contributed by atoms with Crippen LogP contribution in [0.3, 0.4) is 0 Å². The van der Waals surface area contributed by atoms with Gasteiger partial charge in [0.2, 0.25) is 0 Å². The van der Waals surface area contributed by atoms with E-state index in [-0.39, 0.29) is 24.4 Å². The summed E-state index contributed by atoms with van der Waals surface area (Å²) in [6, 6.07) is 6.60.